The van der Waals surface area contributed by atoms with Crippen LogP contribution in [0.15, 0.2) is 11.3 Å². The number of aromatic nitrogens is 3. The van der Waals surface area contributed by atoms with E-state index in [9.17, 15) is 0 Å². The maximum absolute atomic E-state index is 4.25. The van der Waals surface area contributed by atoms with Gasteiger partial charge in [0.05, 0.1) is 6.54 Å². The van der Waals surface area contributed by atoms with Crippen molar-refractivity contribution in [3.05, 3.63) is 12.2 Å². The second kappa shape index (κ2) is 12.9. The highest BCUT2D eigenvalue weighted by Crippen LogP contribution is 2.07. The van der Waals surface area contributed by atoms with Gasteiger partial charge < -0.3 is 15.2 Å². The van der Waals surface area contributed by atoms with Crippen LogP contribution < -0.4 is 10.6 Å². The Labute approximate surface area is 141 Å². The Bertz CT molecular complexity index is 426. The van der Waals surface area contributed by atoms with Gasteiger partial charge in [-0.05, 0) is 13.3 Å². The topological polar surface area (TPSA) is 67.1 Å². The van der Waals surface area contributed by atoms with Gasteiger partial charge in [-0.2, -0.15) is 0 Å². The molecule has 0 spiro atoms. The molecule has 1 heterocycles. The van der Waals surface area contributed by atoms with Crippen LogP contribution in [0.2, 0.25) is 0 Å². The Hall–Kier alpha value is -1.59. The quantitative estimate of drug-likeness (QED) is 0.352. The summed E-state index contributed by atoms with van der Waals surface area (Å²) in [6.45, 7) is 6.84. The van der Waals surface area contributed by atoms with Crippen molar-refractivity contribution in [2.45, 2.75) is 78.3 Å². The molecule has 0 radical (unpaired) electrons. The molecule has 0 saturated heterocycles. The Morgan fingerprint density at radius 2 is 1.74 bits per heavy atom. The highest BCUT2D eigenvalue weighted by atomic mass is 15.3. The molecule has 0 bridgehead atoms. The molecule has 1 aromatic rings. The molecule has 0 aliphatic carbocycles. The van der Waals surface area contributed by atoms with E-state index in [2.05, 4.69) is 39.7 Å². The summed E-state index contributed by atoms with van der Waals surface area (Å²) in [5.41, 5.74) is 0. The second-order valence-corrected chi connectivity index (χ2v) is 5.86. The summed E-state index contributed by atoms with van der Waals surface area (Å²) in [6, 6.07) is 0. The summed E-state index contributed by atoms with van der Waals surface area (Å²) in [4.78, 5) is 4.25. The number of hydrogen-bond acceptors (Lipinski definition) is 3. The van der Waals surface area contributed by atoms with E-state index >= 15 is 0 Å². The first kappa shape index (κ1) is 19.5. The maximum atomic E-state index is 4.25. The van der Waals surface area contributed by atoms with E-state index in [1.165, 1.54) is 51.4 Å². The zero-order valence-corrected chi connectivity index (χ0v) is 15.1. The van der Waals surface area contributed by atoms with Gasteiger partial charge in [0.15, 0.2) is 11.8 Å². The molecule has 0 aliphatic rings. The first-order valence-electron chi connectivity index (χ1n) is 9.13. The van der Waals surface area contributed by atoms with Crippen molar-refractivity contribution in [1.82, 2.24) is 25.4 Å². The lowest BCUT2D eigenvalue weighted by molar-refractivity contribution is 0.571. The van der Waals surface area contributed by atoms with Gasteiger partial charge in [0.1, 0.15) is 6.33 Å². The maximum Gasteiger partial charge on any atom is 0.191 e. The van der Waals surface area contributed by atoms with Crippen LogP contribution in [0.4, 0.5) is 0 Å². The van der Waals surface area contributed by atoms with Gasteiger partial charge in [-0.25, -0.2) is 0 Å². The van der Waals surface area contributed by atoms with Crippen LogP contribution >= 0.6 is 0 Å². The fourth-order valence-corrected chi connectivity index (χ4v) is 2.53. The third kappa shape index (κ3) is 8.57. The second-order valence-electron chi connectivity index (χ2n) is 5.86. The van der Waals surface area contributed by atoms with E-state index in [1.54, 1.807) is 13.4 Å². The molecule has 1 aromatic heterocycles. The van der Waals surface area contributed by atoms with Gasteiger partial charge in [0.2, 0.25) is 0 Å². The standard InChI is InChI=1S/C17H34N6/c1-4-6-7-8-9-10-11-12-13-19-17(18-3)20-14-16-22-21-15-23(16)5-2/h15H,4-14H2,1-3H3,(H2,18,19,20). The van der Waals surface area contributed by atoms with Crippen LogP contribution in [0, 0.1) is 0 Å². The first-order valence-corrected chi connectivity index (χ1v) is 9.13. The van der Waals surface area contributed by atoms with Crippen LogP contribution in [0.3, 0.4) is 0 Å². The molecule has 0 aromatic carbocycles. The first-order chi connectivity index (χ1) is 11.3. The molecule has 23 heavy (non-hydrogen) atoms. The number of guanidine groups is 1. The average molecular weight is 323 g/mol. The number of aliphatic imine (C=N–C) groups is 1. The highest BCUT2D eigenvalue weighted by molar-refractivity contribution is 5.79. The Kier molecular flexibility index (Phi) is 10.9. The lowest BCUT2D eigenvalue weighted by Gasteiger charge is -2.11. The molecule has 132 valence electrons. The molecule has 6 nitrogen and oxygen atoms in total. The number of rotatable bonds is 12. The summed E-state index contributed by atoms with van der Waals surface area (Å²) in [5.74, 6) is 1.76. The molecule has 1 rings (SSSR count). The van der Waals surface area contributed by atoms with Crippen LogP contribution in [0.5, 0.6) is 0 Å². The summed E-state index contributed by atoms with van der Waals surface area (Å²) >= 11 is 0. The van der Waals surface area contributed by atoms with E-state index in [1.807, 2.05) is 4.57 Å². The van der Waals surface area contributed by atoms with E-state index in [4.69, 9.17) is 0 Å². The summed E-state index contributed by atoms with van der Waals surface area (Å²) in [5, 5.41) is 14.7. The van der Waals surface area contributed by atoms with E-state index < -0.39 is 0 Å². The normalized spacial score (nSPS) is 11.7. The zero-order valence-electron chi connectivity index (χ0n) is 15.1. The molecule has 0 atom stereocenters. The van der Waals surface area contributed by atoms with Crippen LogP contribution in [0.1, 0.15) is 71.0 Å². The van der Waals surface area contributed by atoms with Crippen molar-refractivity contribution in [1.29, 1.82) is 0 Å². The highest BCUT2D eigenvalue weighted by Gasteiger charge is 2.03. The lowest BCUT2D eigenvalue weighted by Crippen LogP contribution is -2.37. The molecule has 0 fully saturated rings. The number of aryl methyl sites for hydroxylation is 1. The van der Waals surface area contributed by atoms with E-state index in [-0.39, 0.29) is 0 Å². The SMILES string of the molecule is CCCCCCCCCCNC(=NC)NCc1nncn1CC. The van der Waals surface area contributed by atoms with Gasteiger partial charge in [-0.15, -0.1) is 10.2 Å². The summed E-state index contributed by atoms with van der Waals surface area (Å²) in [6.07, 6.45) is 12.5. The molecular weight excluding hydrogens is 288 g/mol. The van der Waals surface area contributed by atoms with Gasteiger partial charge in [-0.1, -0.05) is 51.9 Å². The Morgan fingerprint density at radius 1 is 1.04 bits per heavy atom. The Morgan fingerprint density at radius 3 is 2.39 bits per heavy atom. The summed E-state index contributed by atoms with van der Waals surface area (Å²) in [7, 11) is 1.80. The smallest absolute Gasteiger partial charge is 0.191 e. The minimum absolute atomic E-state index is 0.644. The van der Waals surface area contributed by atoms with Gasteiger partial charge in [-0.3, -0.25) is 4.99 Å². The molecule has 0 saturated carbocycles. The van der Waals surface area contributed by atoms with Crippen LogP contribution in [-0.2, 0) is 13.1 Å². The molecule has 0 unspecified atom stereocenters. The molecule has 0 amide bonds. The third-order valence-electron chi connectivity index (χ3n) is 4.00. The van der Waals surface area contributed by atoms with Crippen molar-refractivity contribution in [2.75, 3.05) is 13.6 Å². The molecule has 6 heteroatoms. The average Bonchev–Trinajstić information content (AvgIpc) is 3.03. The minimum atomic E-state index is 0.644. The largest absolute Gasteiger partial charge is 0.356 e. The third-order valence-corrected chi connectivity index (χ3v) is 4.00. The number of unbranched alkanes of at least 4 members (excludes halogenated alkanes) is 7. The lowest BCUT2D eigenvalue weighted by atomic mass is 10.1. The predicted molar refractivity (Wildman–Crippen MR) is 96.5 cm³/mol. The van der Waals surface area contributed by atoms with Crippen molar-refractivity contribution >= 4 is 5.96 Å². The van der Waals surface area contributed by atoms with Crippen LogP contribution in [-0.4, -0.2) is 34.3 Å². The van der Waals surface area contributed by atoms with Crippen molar-refractivity contribution < 1.29 is 0 Å². The van der Waals surface area contributed by atoms with Gasteiger partial charge >= 0.3 is 0 Å². The number of hydrogen-bond donors (Lipinski definition) is 2. The number of nitrogens with one attached hydrogen (secondary N) is 2. The van der Waals surface area contributed by atoms with Crippen molar-refractivity contribution in [3.8, 4) is 0 Å². The van der Waals surface area contributed by atoms with Crippen molar-refractivity contribution in [2.24, 2.45) is 4.99 Å². The van der Waals surface area contributed by atoms with E-state index in [0.717, 1.165) is 24.9 Å². The molecular formula is C17H34N6. The van der Waals surface area contributed by atoms with E-state index in [0.29, 0.717) is 6.54 Å². The number of nitrogens with zero attached hydrogens (tertiary/aromatic N) is 4. The monoisotopic (exact) mass is 322 g/mol. The zero-order chi connectivity index (χ0) is 16.8. The summed E-state index contributed by atoms with van der Waals surface area (Å²) < 4.78 is 2.03. The predicted octanol–water partition coefficient (Wildman–Crippen LogP) is 3.10. The van der Waals surface area contributed by atoms with Gasteiger partial charge in [0, 0.05) is 20.1 Å². The van der Waals surface area contributed by atoms with Gasteiger partial charge in [0.25, 0.3) is 0 Å². The van der Waals surface area contributed by atoms with Crippen LogP contribution in [0.25, 0.3) is 0 Å². The molecule has 0 aliphatic heterocycles. The fourth-order valence-electron chi connectivity index (χ4n) is 2.53. The fraction of sp³-hybridized carbons (Fsp3) is 0.824. The van der Waals surface area contributed by atoms with Crippen molar-refractivity contribution in [3.63, 3.8) is 0 Å². The molecule has 2 N–H and O–H groups in total. The Balaban J connectivity index is 2.06. The minimum Gasteiger partial charge on any atom is -0.356 e.